The molecule has 0 spiro atoms. The molecule has 0 unspecified atom stereocenters. The van der Waals surface area contributed by atoms with E-state index in [4.69, 9.17) is 4.74 Å². The van der Waals surface area contributed by atoms with Crippen molar-refractivity contribution < 1.29 is 9.53 Å². The van der Waals surface area contributed by atoms with Crippen LogP contribution < -0.4 is 21.3 Å². The lowest BCUT2D eigenvalue weighted by Gasteiger charge is -2.15. The van der Waals surface area contributed by atoms with Crippen LogP contribution in [0.3, 0.4) is 0 Å². The highest BCUT2D eigenvalue weighted by Gasteiger charge is 2.19. The number of nitrogens with one attached hydrogen (secondary N) is 1. The standard InChI is InChI=1S/C23H28N4O4S/c1-6-31-17-9-7-16(8-10-17)25-18(28)13-32-20-15(11-14(2)3)12-24-21-19(20)22(29)27(5)23(30)26(21)4/h7-10,12,14H,6,11,13H2,1-5H3,(H,25,28). The van der Waals surface area contributed by atoms with E-state index >= 15 is 0 Å². The van der Waals surface area contributed by atoms with Gasteiger partial charge >= 0.3 is 5.69 Å². The number of carbonyl (C=O) groups is 1. The Morgan fingerprint density at radius 1 is 1.16 bits per heavy atom. The molecule has 1 N–H and O–H groups in total. The Labute approximate surface area is 190 Å². The average molecular weight is 457 g/mol. The predicted molar refractivity (Wildman–Crippen MR) is 128 cm³/mol. The number of anilines is 1. The Morgan fingerprint density at radius 3 is 2.47 bits per heavy atom. The lowest BCUT2D eigenvalue weighted by molar-refractivity contribution is -0.113. The number of aromatic nitrogens is 3. The first-order chi connectivity index (χ1) is 15.2. The first kappa shape index (κ1) is 23.6. The summed E-state index contributed by atoms with van der Waals surface area (Å²) < 4.78 is 7.85. The summed E-state index contributed by atoms with van der Waals surface area (Å²) in [6.07, 6.45) is 2.41. The Balaban J connectivity index is 1.91. The minimum atomic E-state index is -0.434. The smallest absolute Gasteiger partial charge is 0.332 e. The molecule has 1 amide bonds. The zero-order valence-corrected chi connectivity index (χ0v) is 19.8. The molecule has 8 nitrogen and oxygen atoms in total. The minimum absolute atomic E-state index is 0.114. The fourth-order valence-electron chi connectivity index (χ4n) is 3.43. The molecule has 0 bridgehead atoms. The van der Waals surface area contributed by atoms with Gasteiger partial charge in [0.2, 0.25) is 5.91 Å². The van der Waals surface area contributed by atoms with E-state index in [1.54, 1.807) is 37.5 Å². The highest BCUT2D eigenvalue weighted by Crippen LogP contribution is 2.30. The highest BCUT2D eigenvalue weighted by molar-refractivity contribution is 8.00. The topological polar surface area (TPSA) is 95.2 Å². The Morgan fingerprint density at radius 2 is 1.84 bits per heavy atom. The number of carbonyl (C=O) groups excluding carboxylic acids is 1. The van der Waals surface area contributed by atoms with E-state index in [0.717, 1.165) is 15.9 Å². The van der Waals surface area contributed by atoms with Crippen molar-refractivity contribution in [3.8, 4) is 5.75 Å². The zero-order valence-electron chi connectivity index (χ0n) is 19.0. The van der Waals surface area contributed by atoms with Gasteiger partial charge in [0.1, 0.15) is 11.4 Å². The number of aryl methyl sites for hydroxylation is 1. The first-order valence-corrected chi connectivity index (χ1v) is 11.4. The van der Waals surface area contributed by atoms with E-state index in [0.29, 0.717) is 40.6 Å². The summed E-state index contributed by atoms with van der Waals surface area (Å²) in [5.74, 6) is 0.996. The summed E-state index contributed by atoms with van der Waals surface area (Å²) in [4.78, 5) is 43.0. The number of hydrogen-bond acceptors (Lipinski definition) is 6. The lowest BCUT2D eigenvalue weighted by atomic mass is 10.0. The number of thioether (sulfide) groups is 1. The maximum atomic E-state index is 13.0. The van der Waals surface area contributed by atoms with Crippen molar-refractivity contribution in [2.45, 2.75) is 32.1 Å². The van der Waals surface area contributed by atoms with E-state index in [9.17, 15) is 14.4 Å². The van der Waals surface area contributed by atoms with Gasteiger partial charge in [0, 0.05) is 30.9 Å². The van der Waals surface area contributed by atoms with Gasteiger partial charge in [-0.1, -0.05) is 13.8 Å². The summed E-state index contributed by atoms with van der Waals surface area (Å²) in [5, 5.41) is 3.23. The van der Waals surface area contributed by atoms with Crippen molar-refractivity contribution in [1.82, 2.24) is 14.1 Å². The van der Waals surface area contributed by atoms with Gasteiger partial charge in [-0.3, -0.25) is 18.7 Å². The van der Waals surface area contributed by atoms with E-state index in [1.165, 1.54) is 23.4 Å². The fraction of sp³-hybridized carbons (Fsp3) is 0.391. The van der Waals surface area contributed by atoms with Crippen LogP contribution in [0, 0.1) is 5.92 Å². The molecule has 3 rings (SSSR count). The summed E-state index contributed by atoms with van der Waals surface area (Å²) in [6, 6.07) is 7.16. The van der Waals surface area contributed by atoms with Crippen molar-refractivity contribution in [2.75, 3.05) is 17.7 Å². The van der Waals surface area contributed by atoms with Gasteiger partial charge in [-0.15, -0.1) is 11.8 Å². The average Bonchev–Trinajstić information content (AvgIpc) is 2.76. The van der Waals surface area contributed by atoms with Crippen LogP contribution in [0.4, 0.5) is 5.69 Å². The Bertz CT molecular complexity index is 1250. The number of ether oxygens (including phenoxy) is 1. The van der Waals surface area contributed by atoms with Crippen molar-refractivity contribution in [3.63, 3.8) is 0 Å². The molecule has 32 heavy (non-hydrogen) atoms. The van der Waals surface area contributed by atoms with Gasteiger partial charge < -0.3 is 10.1 Å². The summed E-state index contributed by atoms with van der Waals surface area (Å²) in [5.41, 5.74) is 1.04. The second-order valence-electron chi connectivity index (χ2n) is 7.91. The molecule has 0 aliphatic heterocycles. The van der Waals surface area contributed by atoms with Crippen molar-refractivity contribution in [1.29, 1.82) is 0 Å². The molecule has 3 aromatic rings. The number of benzene rings is 1. The molecule has 0 radical (unpaired) electrons. The third-order valence-corrected chi connectivity index (χ3v) is 6.08. The van der Waals surface area contributed by atoms with Gasteiger partial charge in [0.15, 0.2) is 0 Å². The molecule has 0 fully saturated rings. The second-order valence-corrected chi connectivity index (χ2v) is 8.89. The largest absolute Gasteiger partial charge is 0.494 e. The third kappa shape index (κ3) is 5.04. The van der Waals surface area contributed by atoms with Crippen molar-refractivity contribution >= 4 is 34.4 Å². The lowest BCUT2D eigenvalue weighted by Crippen LogP contribution is -2.37. The normalized spacial score (nSPS) is 11.2. The number of pyridine rings is 1. The van der Waals surface area contributed by atoms with E-state index < -0.39 is 11.2 Å². The van der Waals surface area contributed by atoms with E-state index in [2.05, 4.69) is 24.1 Å². The quantitative estimate of drug-likeness (QED) is 0.524. The fourth-order valence-corrected chi connectivity index (χ4v) is 4.42. The van der Waals surface area contributed by atoms with Crippen LogP contribution in [0.5, 0.6) is 5.75 Å². The zero-order chi connectivity index (χ0) is 23.4. The highest BCUT2D eigenvalue weighted by atomic mass is 32.2. The Kier molecular flexibility index (Phi) is 7.40. The van der Waals surface area contributed by atoms with Crippen LogP contribution in [0.2, 0.25) is 0 Å². The maximum Gasteiger partial charge on any atom is 0.332 e. The molecule has 0 saturated heterocycles. The predicted octanol–water partition coefficient (Wildman–Crippen LogP) is 2.96. The van der Waals surface area contributed by atoms with Gasteiger partial charge in [0.25, 0.3) is 5.56 Å². The van der Waals surface area contributed by atoms with Crippen molar-refractivity contribution in [2.24, 2.45) is 20.0 Å². The molecule has 0 aliphatic carbocycles. The molecular formula is C23H28N4O4S. The summed E-state index contributed by atoms with van der Waals surface area (Å²) in [6.45, 7) is 6.65. The third-order valence-electron chi connectivity index (χ3n) is 4.92. The summed E-state index contributed by atoms with van der Waals surface area (Å²) >= 11 is 1.29. The SMILES string of the molecule is CCOc1ccc(NC(=O)CSc2c(CC(C)C)cnc3c2c(=O)n(C)c(=O)n3C)cc1. The molecule has 170 valence electrons. The number of rotatable bonds is 8. The minimum Gasteiger partial charge on any atom is -0.494 e. The van der Waals surface area contributed by atoms with Gasteiger partial charge in [-0.2, -0.15) is 0 Å². The first-order valence-electron chi connectivity index (χ1n) is 10.5. The monoisotopic (exact) mass is 456 g/mol. The molecular weight excluding hydrogens is 428 g/mol. The van der Waals surface area contributed by atoms with Gasteiger partial charge in [-0.05, 0) is 49.1 Å². The van der Waals surface area contributed by atoms with Crippen molar-refractivity contribution in [3.05, 3.63) is 56.9 Å². The van der Waals surface area contributed by atoms with Gasteiger partial charge in [0.05, 0.1) is 17.7 Å². The number of nitrogens with zero attached hydrogens (tertiary/aromatic N) is 3. The molecule has 0 saturated carbocycles. The molecule has 2 aromatic heterocycles. The molecule has 2 heterocycles. The van der Waals surface area contributed by atoms with E-state index in [-0.39, 0.29) is 11.7 Å². The van der Waals surface area contributed by atoms with Crippen LogP contribution >= 0.6 is 11.8 Å². The van der Waals surface area contributed by atoms with Crippen LogP contribution in [0.1, 0.15) is 26.3 Å². The molecule has 0 aliphatic rings. The summed E-state index contributed by atoms with van der Waals surface area (Å²) in [7, 11) is 3.04. The molecule has 1 aromatic carbocycles. The van der Waals surface area contributed by atoms with Crippen LogP contribution in [-0.4, -0.2) is 32.4 Å². The van der Waals surface area contributed by atoms with Gasteiger partial charge in [-0.25, -0.2) is 9.78 Å². The van der Waals surface area contributed by atoms with Crippen LogP contribution in [0.15, 0.2) is 44.9 Å². The second kappa shape index (κ2) is 10.0. The molecule has 9 heteroatoms. The number of fused-ring (bicyclic) bond motifs is 1. The Hall–Kier alpha value is -3.07. The van der Waals surface area contributed by atoms with E-state index in [1.807, 2.05) is 6.92 Å². The number of amides is 1. The van der Waals surface area contributed by atoms with Crippen LogP contribution in [-0.2, 0) is 25.3 Å². The molecule has 0 atom stereocenters. The maximum absolute atomic E-state index is 13.0. The number of hydrogen-bond donors (Lipinski definition) is 1. The van der Waals surface area contributed by atoms with Crippen LogP contribution in [0.25, 0.3) is 11.0 Å².